The molecule has 1 unspecified atom stereocenters. The van der Waals surface area contributed by atoms with Crippen molar-refractivity contribution in [1.29, 1.82) is 0 Å². The van der Waals surface area contributed by atoms with Crippen LogP contribution < -0.4 is 15.5 Å². The molecular formula is C17H15ClFN3O2. The number of urea groups is 1. The molecule has 1 saturated heterocycles. The van der Waals surface area contributed by atoms with Gasteiger partial charge in [-0.3, -0.25) is 9.69 Å². The number of hydrogen-bond donors (Lipinski definition) is 2. The number of amides is 3. The summed E-state index contributed by atoms with van der Waals surface area (Å²) >= 11 is 5.90. The summed E-state index contributed by atoms with van der Waals surface area (Å²) in [7, 11) is 0. The van der Waals surface area contributed by atoms with Crippen LogP contribution in [0.3, 0.4) is 0 Å². The van der Waals surface area contributed by atoms with Crippen molar-refractivity contribution < 1.29 is 14.0 Å². The minimum absolute atomic E-state index is 0.186. The van der Waals surface area contributed by atoms with Crippen LogP contribution in [0.25, 0.3) is 0 Å². The Hall–Kier alpha value is -2.60. The van der Waals surface area contributed by atoms with E-state index in [1.807, 2.05) is 6.07 Å². The SMILES string of the molecule is O=C(NCc1cccc(Cl)c1)C1CN(c2ccc(F)cc2)C(=O)N1. The van der Waals surface area contributed by atoms with Crippen LogP contribution >= 0.6 is 11.6 Å². The molecule has 7 heteroatoms. The zero-order valence-corrected chi connectivity index (χ0v) is 13.4. The summed E-state index contributed by atoms with van der Waals surface area (Å²) in [5, 5.41) is 5.99. The van der Waals surface area contributed by atoms with E-state index in [2.05, 4.69) is 10.6 Å². The van der Waals surface area contributed by atoms with Crippen molar-refractivity contribution in [1.82, 2.24) is 10.6 Å². The molecule has 0 aromatic heterocycles. The molecule has 0 aliphatic carbocycles. The number of carbonyl (C=O) groups is 2. The second kappa shape index (κ2) is 6.88. The number of nitrogens with zero attached hydrogens (tertiary/aromatic N) is 1. The summed E-state index contributed by atoms with van der Waals surface area (Å²) in [5.74, 6) is -0.665. The molecular weight excluding hydrogens is 333 g/mol. The monoisotopic (exact) mass is 347 g/mol. The first-order valence-corrected chi connectivity index (χ1v) is 7.76. The van der Waals surface area contributed by atoms with Gasteiger partial charge in [0.2, 0.25) is 5.91 Å². The minimum atomic E-state index is -0.665. The molecule has 1 aliphatic rings. The van der Waals surface area contributed by atoms with Crippen LogP contribution in [0.1, 0.15) is 5.56 Å². The maximum absolute atomic E-state index is 13.0. The van der Waals surface area contributed by atoms with Gasteiger partial charge in [-0.2, -0.15) is 0 Å². The van der Waals surface area contributed by atoms with E-state index in [1.54, 1.807) is 18.2 Å². The van der Waals surface area contributed by atoms with Crippen molar-refractivity contribution in [3.8, 4) is 0 Å². The van der Waals surface area contributed by atoms with Gasteiger partial charge < -0.3 is 10.6 Å². The predicted molar refractivity (Wildman–Crippen MR) is 89.4 cm³/mol. The fraction of sp³-hybridized carbons (Fsp3) is 0.176. The number of halogens is 2. The second-order valence-corrected chi connectivity index (χ2v) is 5.87. The van der Waals surface area contributed by atoms with E-state index in [4.69, 9.17) is 11.6 Å². The lowest BCUT2D eigenvalue weighted by atomic mass is 10.2. The Morgan fingerprint density at radius 2 is 2.04 bits per heavy atom. The molecule has 2 aromatic rings. The average Bonchev–Trinajstić information content (AvgIpc) is 2.95. The van der Waals surface area contributed by atoms with Crippen LogP contribution in [-0.2, 0) is 11.3 Å². The first-order chi connectivity index (χ1) is 11.5. The van der Waals surface area contributed by atoms with Crippen LogP contribution in [0.4, 0.5) is 14.9 Å². The molecule has 2 N–H and O–H groups in total. The third-order valence-corrected chi connectivity index (χ3v) is 3.95. The molecule has 0 spiro atoms. The fourth-order valence-electron chi connectivity index (χ4n) is 2.49. The Morgan fingerprint density at radius 3 is 2.75 bits per heavy atom. The molecule has 1 atom stereocenters. The van der Waals surface area contributed by atoms with E-state index >= 15 is 0 Å². The zero-order chi connectivity index (χ0) is 17.1. The number of nitrogens with one attached hydrogen (secondary N) is 2. The number of benzene rings is 2. The highest BCUT2D eigenvalue weighted by molar-refractivity contribution is 6.30. The van der Waals surface area contributed by atoms with Crippen molar-refractivity contribution in [2.24, 2.45) is 0 Å². The highest BCUT2D eigenvalue weighted by Gasteiger charge is 2.34. The lowest BCUT2D eigenvalue weighted by Gasteiger charge is -2.14. The summed E-state index contributed by atoms with van der Waals surface area (Å²) < 4.78 is 13.0. The van der Waals surface area contributed by atoms with Gasteiger partial charge in [-0.25, -0.2) is 9.18 Å². The standard InChI is InChI=1S/C17H15ClFN3O2/c18-12-3-1-2-11(8-12)9-20-16(23)15-10-22(17(24)21-15)14-6-4-13(19)5-7-14/h1-8,15H,9-10H2,(H,20,23)(H,21,24). The molecule has 124 valence electrons. The van der Waals surface area contributed by atoms with Crippen molar-refractivity contribution in [3.05, 3.63) is 64.9 Å². The summed E-state index contributed by atoms with van der Waals surface area (Å²) in [4.78, 5) is 25.7. The molecule has 2 aromatic carbocycles. The molecule has 0 radical (unpaired) electrons. The lowest BCUT2D eigenvalue weighted by molar-refractivity contribution is -0.122. The average molecular weight is 348 g/mol. The molecule has 24 heavy (non-hydrogen) atoms. The van der Waals surface area contributed by atoms with Crippen molar-refractivity contribution in [3.63, 3.8) is 0 Å². The van der Waals surface area contributed by atoms with Crippen molar-refractivity contribution in [2.45, 2.75) is 12.6 Å². The Kier molecular flexibility index (Phi) is 4.66. The van der Waals surface area contributed by atoms with E-state index in [-0.39, 0.29) is 24.3 Å². The fourth-order valence-corrected chi connectivity index (χ4v) is 2.70. The largest absolute Gasteiger partial charge is 0.350 e. The Labute approximate surface area is 143 Å². The number of carbonyl (C=O) groups excluding carboxylic acids is 2. The van der Waals surface area contributed by atoms with Crippen LogP contribution in [-0.4, -0.2) is 24.5 Å². The zero-order valence-electron chi connectivity index (χ0n) is 12.6. The van der Waals surface area contributed by atoms with Gasteiger partial charge in [0.15, 0.2) is 0 Å². The predicted octanol–water partition coefficient (Wildman–Crippen LogP) is 2.69. The summed E-state index contributed by atoms with van der Waals surface area (Å²) in [5.41, 5.74) is 1.41. The topological polar surface area (TPSA) is 61.4 Å². The van der Waals surface area contributed by atoms with Crippen molar-refractivity contribution >= 4 is 29.2 Å². The van der Waals surface area contributed by atoms with Gasteiger partial charge >= 0.3 is 6.03 Å². The first-order valence-electron chi connectivity index (χ1n) is 7.39. The molecule has 0 saturated carbocycles. The maximum atomic E-state index is 13.0. The van der Waals surface area contributed by atoms with E-state index < -0.39 is 6.04 Å². The van der Waals surface area contributed by atoms with E-state index in [0.29, 0.717) is 17.3 Å². The van der Waals surface area contributed by atoms with Crippen LogP contribution in [0, 0.1) is 5.82 Å². The quantitative estimate of drug-likeness (QED) is 0.893. The molecule has 5 nitrogen and oxygen atoms in total. The third-order valence-electron chi connectivity index (χ3n) is 3.72. The van der Waals surface area contributed by atoms with Gasteiger partial charge in [-0.15, -0.1) is 0 Å². The van der Waals surface area contributed by atoms with Gasteiger partial charge in [0.05, 0.1) is 6.54 Å². The summed E-state index contributed by atoms with van der Waals surface area (Å²) in [6.07, 6.45) is 0. The van der Waals surface area contributed by atoms with E-state index in [0.717, 1.165) is 5.56 Å². The van der Waals surface area contributed by atoms with Gasteiger partial charge in [-0.1, -0.05) is 23.7 Å². The molecule has 1 aliphatic heterocycles. The number of rotatable bonds is 4. The Balaban J connectivity index is 1.60. The normalized spacial score (nSPS) is 16.8. The van der Waals surface area contributed by atoms with Gasteiger partial charge in [-0.05, 0) is 42.0 Å². The number of anilines is 1. The first kappa shape index (κ1) is 16.3. The third kappa shape index (κ3) is 3.65. The van der Waals surface area contributed by atoms with Crippen LogP contribution in [0.5, 0.6) is 0 Å². The summed E-state index contributed by atoms with van der Waals surface area (Å²) in [6, 6.07) is 11.7. The highest BCUT2D eigenvalue weighted by Crippen LogP contribution is 2.19. The van der Waals surface area contributed by atoms with E-state index in [9.17, 15) is 14.0 Å². The molecule has 1 fully saturated rings. The summed E-state index contributed by atoms with van der Waals surface area (Å²) in [6.45, 7) is 0.508. The van der Waals surface area contributed by atoms with Gasteiger partial charge in [0, 0.05) is 17.3 Å². The van der Waals surface area contributed by atoms with Crippen LogP contribution in [0.15, 0.2) is 48.5 Å². The second-order valence-electron chi connectivity index (χ2n) is 5.44. The Bertz CT molecular complexity index is 767. The molecule has 0 bridgehead atoms. The molecule has 3 rings (SSSR count). The van der Waals surface area contributed by atoms with Gasteiger partial charge in [0.1, 0.15) is 11.9 Å². The number of hydrogen-bond acceptors (Lipinski definition) is 2. The minimum Gasteiger partial charge on any atom is -0.350 e. The van der Waals surface area contributed by atoms with Gasteiger partial charge in [0.25, 0.3) is 0 Å². The maximum Gasteiger partial charge on any atom is 0.322 e. The van der Waals surface area contributed by atoms with Crippen molar-refractivity contribution in [2.75, 3.05) is 11.4 Å². The Morgan fingerprint density at radius 1 is 1.29 bits per heavy atom. The smallest absolute Gasteiger partial charge is 0.322 e. The highest BCUT2D eigenvalue weighted by atomic mass is 35.5. The lowest BCUT2D eigenvalue weighted by Crippen LogP contribution is -2.42. The molecule has 3 amide bonds. The molecule has 1 heterocycles. The van der Waals surface area contributed by atoms with E-state index in [1.165, 1.54) is 29.2 Å². The van der Waals surface area contributed by atoms with Crippen LogP contribution in [0.2, 0.25) is 5.02 Å².